The first-order valence-electron chi connectivity index (χ1n) is 5.26. The first-order chi connectivity index (χ1) is 8.15. The Balaban J connectivity index is 2.17. The Kier molecular flexibility index (Phi) is 3.54. The lowest BCUT2D eigenvalue weighted by atomic mass is 10.3. The fraction of sp³-hybridized carbons (Fsp3) is 0.250. The van der Waals surface area contributed by atoms with E-state index in [1.165, 1.54) is 0 Å². The highest BCUT2D eigenvalue weighted by atomic mass is 35.5. The van der Waals surface area contributed by atoms with E-state index in [9.17, 15) is 4.79 Å². The maximum Gasteiger partial charge on any atom is 0.226 e. The van der Waals surface area contributed by atoms with E-state index in [0.717, 1.165) is 5.69 Å². The number of benzene rings is 1. The van der Waals surface area contributed by atoms with Crippen molar-refractivity contribution >= 4 is 35.2 Å². The predicted molar refractivity (Wildman–Crippen MR) is 69.3 cm³/mol. The van der Waals surface area contributed by atoms with E-state index in [2.05, 4.69) is 9.98 Å². The Morgan fingerprint density at radius 2 is 2.18 bits per heavy atom. The molecule has 2 rings (SSSR count). The number of carbonyl (C=O) groups is 1. The van der Waals surface area contributed by atoms with Crippen LogP contribution in [-0.4, -0.2) is 35.9 Å². The van der Waals surface area contributed by atoms with Gasteiger partial charge in [0.25, 0.3) is 0 Å². The fourth-order valence-corrected chi connectivity index (χ4v) is 1.65. The molecule has 0 spiro atoms. The molecule has 4 nitrogen and oxygen atoms in total. The summed E-state index contributed by atoms with van der Waals surface area (Å²) in [7, 11) is 0. The fourth-order valence-electron chi connectivity index (χ4n) is 1.52. The Hall–Kier alpha value is -1.68. The predicted octanol–water partition coefficient (Wildman–Crippen LogP) is 2.30. The number of nitrogens with zero attached hydrogens (tertiary/aromatic N) is 3. The number of carbonyl (C=O) groups excluding carboxylic acids is 1. The van der Waals surface area contributed by atoms with Gasteiger partial charge in [-0.3, -0.25) is 4.79 Å². The molecule has 1 aliphatic rings. The minimum Gasteiger partial charge on any atom is -0.328 e. The molecule has 0 saturated carbocycles. The molecule has 0 N–H and O–H groups in total. The van der Waals surface area contributed by atoms with Gasteiger partial charge in [-0.2, -0.15) is 0 Å². The second-order valence-corrected chi connectivity index (χ2v) is 4.22. The highest BCUT2D eigenvalue weighted by Crippen LogP contribution is 2.17. The molecule has 0 fully saturated rings. The van der Waals surface area contributed by atoms with Crippen LogP contribution < -0.4 is 0 Å². The van der Waals surface area contributed by atoms with Gasteiger partial charge >= 0.3 is 0 Å². The SMILES string of the molecule is CC(=O)CN1CC=NC1=Nc1ccc(Cl)cc1. The third-order valence-corrected chi connectivity index (χ3v) is 2.51. The Bertz CT molecular complexity index is 479. The van der Waals surface area contributed by atoms with Gasteiger partial charge in [-0.05, 0) is 31.2 Å². The molecular formula is C12H12ClN3O. The third kappa shape index (κ3) is 3.14. The second-order valence-electron chi connectivity index (χ2n) is 3.78. The molecule has 0 radical (unpaired) electrons. The van der Waals surface area contributed by atoms with E-state index in [0.29, 0.717) is 24.1 Å². The molecule has 0 aliphatic carbocycles. The van der Waals surface area contributed by atoms with Crippen LogP contribution in [0.1, 0.15) is 6.92 Å². The summed E-state index contributed by atoms with van der Waals surface area (Å²) in [6, 6.07) is 7.17. The molecule has 0 saturated heterocycles. The molecule has 0 amide bonds. The molecule has 1 heterocycles. The van der Waals surface area contributed by atoms with Crippen molar-refractivity contribution in [3.63, 3.8) is 0 Å². The number of halogens is 1. The van der Waals surface area contributed by atoms with Crippen LogP contribution in [0.4, 0.5) is 5.69 Å². The first-order valence-corrected chi connectivity index (χ1v) is 5.64. The van der Waals surface area contributed by atoms with Crippen molar-refractivity contribution in [2.75, 3.05) is 13.1 Å². The molecule has 1 aliphatic heterocycles. The zero-order chi connectivity index (χ0) is 12.3. The van der Waals surface area contributed by atoms with Gasteiger partial charge in [0.05, 0.1) is 18.8 Å². The average molecular weight is 250 g/mol. The van der Waals surface area contributed by atoms with E-state index >= 15 is 0 Å². The van der Waals surface area contributed by atoms with Crippen LogP contribution in [0.25, 0.3) is 0 Å². The smallest absolute Gasteiger partial charge is 0.226 e. The van der Waals surface area contributed by atoms with Gasteiger partial charge in [0.1, 0.15) is 5.78 Å². The second kappa shape index (κ2) is 5.10. The summed E-state index contributed by atoms with van der Waals surface area (Å²) in [5.74, 6) is 0.668. The lowest BCUT2D eigenvalue weighted by Crippen LogP contribution is -2.30. The average Bonchev–Trinajstić information content (AvgIpc) is 2.68. The van der Waals surface area contributed by atoms with Gasteiger partial charge in [0.15, 0.2) is 0 Å². The number of aliphatic imine (C=N–C) groups is 2. The van der Waals surface area contributed by atoms with E-state index in [1.807, 2.05) is 17.0 Å². The van der Waals surface area contributed by atoms with Gasteiger partial charge in [0.2, 0.25) is 5.96 Å². The number of ketones is 1. The molecule has 0 unspecified atom stereocenters. The summed E-state index contributed by atoms with van der Waals surface area (Å²) in [4.78, 5) is 21.4. The molecular weight excluding hydrogens is 238 g/mol. The van der Waals surface area contributed by atoms with Crippen LogP contribution in [0.5, 0.6) is 0 Å². The lowest BCUT2D eigenvalue weighted by Gasteiger charge is -2.14. The molecule has 0 atom stereocenters. The Morgan fingerprint density at radius 3 is 2.82 bits per heavy atom. The Labute approximate surface area is 105 Å². The van der Waals surface area contributed by atoms with Crippen LogP contribution in [-0.2, 0) is 4.79 Å². The number of hydrogen-bond donors (Lipinski definition) is 0. The molecule has 0 aromatic heterocycles. The van der Waals surface area contributed by atoms with Gasteiger partial charge in [-0.15, -0.1) is 0 Å². The maximum atomic E-state index is 11.1. The van der Waals surface area contributed by atoms with Crippen molar-refractivity contribution in [1.82, 2.24) is 4.90 Å². The van der Waals surface area contributed by atoms with Crippen LogP contribution >= 0.6 is 11.6 Å². The highest BCUT2D eigenvalue weighted by Gasteiger charge is 2.16. The van der Waals surface area contributed by atoms with Crippen LogP contribution in [0.2, 0.25) is 5.02 Å². The summed E-state index contributed by atoms with van der Waals surface area (Å²) in [5.41, 5.74) is 0.775. The summed E-state index contributed by atoms with van der Waals surface area (Å²) in [6.07, 6.45) is 1.75. The maximum absolute atomic E-state index is 11.1. The summed E-state index contributed by atoms with van der Waals surface area (Å²) < 4.78 is 0. The van der Waals surface area contributed by atoms with E-state index in [4.69, 9.17) is 11.6 Å². The van der Waals surface area contributed by atoms with E-state index in [-0.39, 0.29) is 5.78 Å². The van der Waals surface area contributed by atoms with Crippen molar-refractivity contribution in [2.45, 2.75) is 6.92 Å². The molecule has 88 valence electrons. The number of Topliss-reactive ketones (excluding diaryl/α,β-unsaturated/α-hetero) is 1. The van der Waals surface area contributed by atoms with E-state index in [1.54, 1.807) is 25.3 Å². The summed E-state index contributed by atoms with van der Waals surface area (Å²) in [6.45, 7) is 2.52. The zero-order valence-electron chi connectivity index (χ0n) is 9.43. The van der Waals surface area contributed by atoms with Crippen molar-refractivity contribution in [2.24, 2.45) is 9.98 Å². The summed E-state index contributed by atoms with van der Waals surface area (Å²) in [5, 5.41) is 0.671. The number of guanidine groups is 1. The van der Waals surface area contributed by atoms with Gasteiger partial charge < -0.3 is 4.90 Å². The topological polar surface area (TPSA) is 45.0 Å². The standard InChI is InChI=1S/C12H12ClN3O/c1-9(17)8-16-7-6-14-12(16)15-11-4-2-10(13)3-5-11/h2-6H,7-8H2,1H3. The first kappa shape index (κ1) is 11.8. The number of hydrogen-bond acceptors (Lipinski definition) is 2. The van der Waals surface area contributed by atoms with Crippen LogP contribution in [0.3, 0.4) is 0 Å². The molecule has 0 bridgehead atoms. The third-order valence-electron chi connectivity index (χ3n) is 2.26. The van der Waals surface area contributed by atoms with Crippen molar-refractivity contribution in [3.05, 3.63) is 29.3 Å². The quantitative estimate of drug-likeness (QED) is 0.825. The minimum absolute atomic E-state index is 0.0966. The van der Waals surface area contributed by atoms with Crippen LogP contribution in [0.15, 0.2) is 34.3 Å². The molecule has 17 heavy (non-hydrogen) atoms. The highest BCUT2D eigenvalue weighted by molar-refractivity contribution is 6.30. The van der Waals surface area contributed by atoms with Gasteiger partial charge in [-0.1, -0.05) is 11.6 Å². The largest absolute Gasteiger partial charge is 0.328 e. The Morgan fingerprint density at radius 1 is 1.47 bits per heavy atom. The molecule has 1 aromatic rings. The number of rotatable bonds is 3. The van der Waals surface area contributed by atoms with Crippen molar-refractivity contribution in [1.29, 1.82) is 0 Å². The lowest BCUT2D eigenvalue weighted by molar-refractivity contribution is -0.117. The zero-order valence-corrected chi connectivity index (χ0v) is 10.2. The van der Waals surface area contributed by atoms with Gasteiger partial charge in [-0.25, -0.2) is 9.98 Å². The minimum atomic E-state index is 0.0966. The monoisotopic (exact) mass is 249 g/mol. The normalized spacial score (nSPS) is 16.8. The summed E-state index contributed by atoms with van der Waals surface area (Å²) >= 11 is 5.79. The van der Waals surface area contributed by atoms with Crippen molar-refractivity contribution in [3.8, 4) is 0 Å². The van der Waals surface area contributed by atoms with Crippen LogP contribution in [0, 0.1) is 0 Å². The van der Waals surface area contributed by atoms with E-state index < -0.39 is 0 Å². The molecule has 5 heteroatoms. The molecule has 1 aromatic carbocycles. The van der Waals surface area contributed by atoms with Gasteiger partial charge in [0, 0.05) is 11.2 Å². The van der Waals surface area contributed by atoms with Crippen molar-refractivity contribution < 1.29 is 4.79 Å².